The molecule has 1 fully saturated rings. The Labute approximate surface area is 178 Å². The molecule has 1 aliphatic rings. The summed E-state index contributed by atoms with van der Waals surface area (Å²) in [6.07, 6.45) is 4.37. The van der Waals surface area contributed by atoms with E-state index in [4.69, 9.17) is 9.15 Å². The van der Waals surface area contributed by atoms with Crippen LogP contribution in [0.4, 0.5) is 0 Å². The fourth-order valence-corrected chi connectivity index (χ4v) is 3.74. The topological polar surface area (TPSA) is 63.0 Å². The van der Waals surface area contributed by atoms with E-state index in [0.29, 0.717) is 18.7 Å². The SMILES string of the molecule is CC[C@@H](C)N(CC(=O)N(Cc1ccco1)C[C@@H]1CCCO1)C(=O)c1ccccc1C. The highest BCUT2D eigenvalue weighted by Gasteiger charge is 2.29. The zero-order chi connectivity index (χ0) is 21.5. The van der Waals surface area contributed by atoms with Crippen LogP contribution >= 0.6 is 0 Å². The van der Waals surface area contributed by atoms with Crippen molar-refractivity contribution in [3.05, 3.63) is 59.5 Å². The molecule has 0 unspecified atom stereocenters. The average Bonchev–Trinajstić information content (AvgIpc) is 3.45. The van der Waals surface area contributed by atoms with Gasteiger partial charge in [0.2, 0.25) is 5.91 Å². The summed E-state index contributed by atoms with van der Waals surface area (Å²) in [7, 11) is 0. The van der Waals surface area contributed by atoms with E-state index < -0.39 is 0 Å². The van der Waals surface area contributed by atoms with Crippen molar-refractivity contribution in [2.75, 3.05) is 19.7 Å². The van der Waals surface area contributed by atoms with Crippen LogP contribution in [-0.4, -0.2) is 53.5 Å². The summed E-state index contributed by atoms with van der Waals surface area (Å²) in [5.41, 5.74) is 1.55. The number of amides is 2. The van der Waals surface area contributed by atoms with Crippen LogP contribution in [0.25, 0.3) is 0 Å². The van der Waals surface area contributed by atoms with Gasteiger partial charge in [-0.05, 0) is 56.9 Å². The largest absolute Gasteiger partial charge is 0.467 e. The molecule has 0 saturated carbocycles. The smallest absolute Gasteiger partial charge is 0.254 e. The second kappa shape index (κ2) is 10.4. The van der Waals surface area contributed by atoms with E-state index in [2.05, 4.69) is 0 Å². The van der Waals surface area contributed by atoms with Crippen LogP contribution in [-0.2, 0) is 16.1 Å². The number of furan rings is 1. The van der Waals surface area contributed by atoms with E-state index in [1.165, 1.54) is 0 Å². The van der Waals surface area contributed by atoms with Crippen molar-refractivity contribution < 1.29 is 18.7 Å². The first-order valence-electron chi connectivity index (χ1n) is 10.8. The summed E-state index contributed by atoms with van der Waals surface area (Å²) >= 11 is 0. The van der Waals surface area contributed by atoms with Crippen molar-refractivity contribution in [1.82, 2.24) is 9.80 Å². The molecule has 0 radical (unpaired) electrons. The molecule has 1 aromatic carbocycles. The number of rotatable bonds is 9. The van der Waals surface area contributed by atoms with Crippen molar-refractivity contribution in [3.63, 3.8) is 0 Å². The Balaban J connectivity index is 1.78. The van der Waals surface area contributed by atoms with Crippen molar-refractivity contribution >= 4 is 11.8 Å². The third-order valence-electron chi connectivity index (χ3n) is 5.79. The highest BCUT2D eigenvalue weighted by molar-refractivity contribution is 5.97. The van der Waals surface area contributed by atoms with Crippen LogP contribution in [0.5, 0.6) is 0 Å². The van der Waals surface area contributed by atoms with Crippen LogP contribution in [0.15, 0.2) is 47.1 Å². The first kappa shape index (κ1) is 22.1. The van der Waals surface area contributed by atoms with Crippen LogP contribution in [0.2, 0.25) is 0 Å². The predicted octanol–water partition coefficient (Wildman–Crippen LogP) is 4.04. The lowest BCUT2D eigenvalue weighted by atomic mass is 10.1. The van der Waals surface area contributed by atoms with Crippen molar-refractivity contribution in [2.45, 2.75) is 58.7 Å². The van der Waals surface area contributed by atoms with Gasteiger partial charge in [0.1, 0.15) is 12.3 Å². The summed E-state index contributed by atoms with van der Waals surface area (Å²) in [6.45, 7) is 7.59. The van der Waals surface area contributed by atoms with Gasteiger partial charge in [-0.15, -0.1) is 0 Å². The summed E-state index contributed by atoms with van der Waals surface area (Å²) in [5, 5.41) is 0. The molecule has 0 spiro atoms. The quantitative estimate of drug-likeness (QED) is 0.624. The van der Waals surface area contributed by atoms with Crippen molar-refractivity contribution in [3.8, 4) is 0 Å². The molecular formula is C24H32N2O4. The minimum absolute atomic E-state index is 0.0352. The maximum absolute atomic E-state index is 13.3. The minimum Gasteiger partial charge on any atom is -0.467 e. The van der Waals surface area contributed by atoms with Gasteiger partial charge in [-0.3, -0.25) is 9.59 Å². The molecule has 1 aliphatic heterocycles. The van der Waals surface area contributed by atoms with Gasteiger partial charge in [0.05, 0.1) is 18.9 Å². The summed E-state index contributed by atoms with van der Waals surface area (Å²) < 4.78 is 11.2. The average molecular weight is 413 g/mol. The highest BCUT2D eigenvalue weighted by Crippen LogP contribution is 2.18. The van der Waals surface area contributed by atoms with E-state index in [-0.39, 0.29) is 30.5 Å². The lowest BCUT2D eigenvalue weighted by Crippen LogP contribution is -2.48. The van der Waals surface area contributed by atoms with Crippen LogP contribution < -0.4 is 0 Å². The van der Waals surface area contributed by atoms with Gasteiger partial charge in [0.15, 0.2) is 0 Å². The van der Waals surface area contributed by atoms with Gasteiger partial charge in [0.25, 0.3) is 5.91 Å². The van der Waals surface area contributed by atoms with E-state index in [9.17, 15) is 9.59 Å². The molecule has 1 saturated heterocycles. The Bertz CT molecular complexity index is 827. The predicted molar refractivity (Wildman–Crippen MR) is 115 cm³/mol. The van der Waals surface area contributed by atoms with E-state index in [0.717, 1.165) is 37.2 Å². The first-order valence-corrected chi connectivity index (χ1v) is 10.8. The molecule has 30 heavy (non-hydrogen) atoms. The normalized spacial score (nSPS) is 17.0. The number of aryl methyl sites for hydroxylation is 1. The molecule has 162 valence electrons. The molecule has 2 aromatic rings. The molecule has 1 aromatic heterocycles. The highest BCUT2D eigenvalue weighted by atomic mass is 16.5. The summed E-state index contributed by atoms with van der Waals surface area (Å²) in [5.74, 6) is 0.525. The Hall–Kier alpha value is -2.60. The number of carbonyl (C=O) groups excluding carboxylic acids is 2. The molecule has 3 rings (SSSR count). The number of ether oxygens (including phenoxy) is 1. The Morgan fingerprint density at radius 1 is 1.20 bits per heavy atom. The van der Waals surface area contributed by atoms with Crippen LogP contribution in [0.3, 0.4) is 0 Å². The third kappa shape index (κ3) is 5.51. The number of benzene rings is 1. The van der Waals surface area contributed by atoms with Crippen LogP contribution in [0, 0.1) is 6.92 Å². The van der Waals surface area contributed by atoms with Gasteiger partial charge in [-0.2, -0.15) is 0 Å². The second-order valence-corrected chi connectivity index (χ2v) is 7.99. The van der Waals surface area contributed by atoms with E-state index in [1.54, 1.807) is 16.1 Å². The molecule has 0 bridgehead atoms. The summed E-state index contributed by atoms with van der Waals surface area (Å²) in [4.78, 5) is 30.1. The number of nitrogens with zero attached hydrogens (tertiary/aromatic N) is 2. The van der Waals surface area contributed by atoms with Crippen molar-refractivity contribution in [1.29, 1.82) is 0 Å². The maximum atomic E-state index is 13.3. The fourth-order valence-electron chi connectivity index (χ4n) is 3.74. The molecule has 6 nitrogen and oxygen atoms in total. The van der Waals surface area contributed by atoms with Crippen molar-refractivity contribution in [2.24, 2.45) is 0 Å². The lowest BCUT2D eigenvalue weighted by Gasteiger charge is -2.32. The third-order valence-corrected chi connectivity index (χ3v) is 5.79. The lowest BCUT2D eigenvalue weighted by molar-refractivity contribution is -0.134. The molecule has 2 atom stereocenters. The zero-order valence-corrected chi connectivity index (χ0v) is 18.2. The van der Waals surface area contributed by atoms with E-state index >= 15 is 0 Å². The molecule has 6 heteroatoms. The standard InChI is InChI=1S/C24H32N2O4/c1-4-19(3)26(24(28)22-12-6-5-9-18(22)2)17-23(27)25(15-20-10-7-13-29-20)16-21-11-8-14-30-21/h5-7,9-10,12-13,19,21H,4,8,11,14-17H2,1-3H3/t19-,21+/m1/s1. The van der Waals surface area contributed by atoms with Crippen LogP contribution in [0.1, 0.15) is 54.8 Å². The zero-order valence-electron chi connectivity index (χ0n) is 18.2. The molecule has 0 aliphatic carbocycles. The van der Waals surface area contributed by atoms with Gasteiger partial charge in [0, 0.05) is 24.8 Å². The minimum atomic E-state index is -0.106. The summed E-state index contributed by atoms with van der Waals surface area (Å²) in [6, 6.07) is 11.1. The van der Waals surface area contributed by atoms with Gasteiger partial charge >= 0.3 is 0 Å². The fraction of sp³-hybridized carbons (Fsp3) is 0.500. The molecular weight excluding hydrogens is 380 g/mol. The second-order valence-electron chi connectivity index (χ2n) is 7.99. The number of hydrogen-bond donors (Lipinski definition) is 0. The Morgan fingerprint density at radius 2 is 2.00 bits per heavy atom. The van der Waals surface area contributed by atoms with Gasteiger partial charge in [-0.1, -0.05) is 25.1 Å². The first-order chi connectivity index (χ1) is 14.5. The monoisotopic (exact) mass is 412 g/mol. The molecule has 2 heterocycles. The van der Waals surface area contributed by atoms with Gasteiger partial charge < -0.3 is 19.0 Å². The van der Waals surface area contributed by atoms with Gasteiger partial charge in [-0.25, -0.2) is 0 Å². The Kier molecular flexibility index (Phi) is 7.69. The Morgan fingerprint density at radius 3 is 2.63 bits per heavy atom. The number of hydrogen-bond acceptors (Lipinski definition) is 4. The number of carbonyl (C=O) groups is 2. The van der Waals surface area contributed by atoms with E-state index in [1.807, 2.05) is 57.2 Å². The molecule has 0 N–H and O–H groups in total. The molecule has 2 amide bonds. The maximum Gasteiger partial charge on any atom is 0.254 e.